The summed E-state index contributed by atoms with van der Waals surface area (Å²) >= 11 is 0. The van der Waals surface area contributed by atoms with E-state index in [4.69, 9.17) is 0 Å². The lowest BCUT2D eigenvalue weighted by Gasteiger charge is -2.24. The van der Waals surface area contributed by atoms with Crippen molar-refractivity contribution in [3.8, 4) is 0 Å². The SMILES string of the molecule is CCCCc1ccc(C(=O)CN2C(=O)N[C@](C)(c3cccc4ccccc34)C2=O)cc1. The molecule has 1 N–H and O–H groups in total. The summed E-state index contributed by atoms with van der Waals surface area (Å²) in [7, 11) is 0. The molecule has 5 nitrogen and oxygen atoms in total. The van der Waals surface area contributed by atoms with E-state index in [-0.39, 0.29) is 12.3 Å². The number of hydrogen-bond acceptors (Lipinski definition) is 3. The molecule has 1 atom stereocenters. The van der Waals surface area contributed by atoms with Crippen molar-refractivity contribution < 1.29 is 14.4 Å². The number of amides is 3. The summed E-state index contributed by atoms with van der Waals surface area (Å²) in [6.07, 6.45) is 3.19. The maximum Gasteiger partial charge on any atom is 0.325 e. The second kappa shape index (κ2) is 8.34. The van der Waals surface area contributed by atoms with Gasteiger partial charge < -0.3 is 5.32 Å². The van der Waals surface area contributed by atoms with Gasteiger partial charge in [0, 0.05) is 5.56 Å². The van der Waals surface area contributed by atoms with Gasteiger partial charge in [-0.2, -0.15) is 0 Å². The van der Waals surface area contributed by atoms with Gasteiger partial charge >= 0.3 is 6.03 Å². The fraction of sp³-hybridized carbons (Fsp3) is 0.269. The number of rotatable bonds is 7. The minimum atomic E-state index is -1.22. The number of carbonyl (C=O) groups is 3. The lowest BCUT2D eigenvalue weighted by Crippen LogP contribution is -2.41. The number of Topliss-reactive ketones (excluding diaryl/α,β-unsaturated/α-hetero) is 1. The standard InChI is InChI=1S/C26H26N2O3/c1-3-4-8-18-13-15-20(16-14-18)23(29)17-28-24(30)26(2,27-25(28)31)22-12-7-10-19-9-5-6-11-21(19)22/h5-7,9-16H,3-4,8,17H2,1-2H3,(H,27,31)/t26-/m1/s1. The quantitative estimate of drug-likeness (QED) is 0.445. The van der Waals surface area contributed by atoms with Crippen molar-refractivity contribution in [1.29, 1.82) is 0 Å². The van der Waals surface area contributed by atoms with Crippen LogP contribution in [0.5, 0.6) is 0 Å². The number of aryl methyl sites for hydroxylation is 1. The second-order valence-corrected chi connectivity index (χ2v) is 8.20. The molecule has 4 rings (SSSR count). The molecule has 0 aliphatic carbocycles. The van der Waals surface area contributed by atoms with E-state index in [1.165, 1.54) is 5.56 Å². The van der Waals surface area contributed by atoms with E-state index in [0.29, 0.717) is 5.56 Å². The van der Waals surface area contributed by atoms with Crippen molar-refractivity contribution in [2.45, 2.75) is 38.6 Å². The number of nitrogens with one attached hydrogen (secondary N) is 1. The Hall–Kier alpha value is -3.47. The van der Waals surface area contributed by atoms with Crippen LogP contribution in [0.25, 0.3) is 10.8 Å². The van der Waals surface area contributed by atoms with Crippen molar-refractivity contribution >= 4 is 28.5 Å². The number of ketones is 1. The third-order valence-corrected chi connectivity index (χ3v) is 6.00. The fourth-order valence-electron chi connectivity index (χ4n) is 4.16. The van der Waals surface area contributed by atoms with Crippen LogP contribution >= 0.6 is 0 Å². The molecule has 0 radical (unpaired) electrons. The molecule has 5 heteroatoms. The molecule has 1 aliphatic heterocycles. The van der Waals surface area contributed by atoms with E-state index < -0.39 is 17.5 Å². The minimum absolute atomic E-state index is 0.257. The van der Waals surface area contributed by atoms with E-state index in [1.54, 1.807) is 19.1 Å². The van der Waals surface area contributed by atoms with Gasteiger partial charge in [-0.05, 0) is 41.7 Å². The molecular formula is C26H26N2O3. The average molecular weight is 415 g/mol. The molecular weight excluding hydrogens is 388 g/mol. The van der Waals surface area contributed by atoms with Gasteiger partial charge in [-0.3, -0.25) is 14.5 Å². The molecule has 1 aliphatic rings. The highest BCUT2D eigenvalue weighted by molar-refractivity contribution is 6.12. The average Bonchev–Trinajstić information content (AvgIpc) is 3.01. The van der Waals surface area contributed by atoms with Crippen molar-refractivity contribution in [2.24, 2.45) is 0 Å². The van der Waals surface area contributed by atoms with E-state index >= 15 is 0 Å². The van der Waals surface area contributed by atoms with Crippen molar-refractivity contribution in [1.82, 2.24) is 10.2 Å². The third-order valence-electron chi connectivity index (χ3n) is 6.00. The summed E-state index contributed by atoms with van der Waals surface area (Å²) in [4.78, 5) is 39.8. The third kappa shape index (κ3) is 3.83. The van der Waals surface area contributed by atoms with Crippen molar-refractivity contribution in [3.05, 3.63) is 83.4 Å². The Morgan fingerprint density at radius 3 is 2.42 bits per heavy atom. The highest BCUT2D eigenvalue weighted by Crippen LogP contribution is 2.33. The molecule has 3 amide bonds. The highest BCUT2D eigenvalue weighted by Gasteiger charge is 2.50. The molecule has 3 aromatic carbocycles. The molecule has 1 heterocycles. The summed E-state index contributed by atoms with van der Waals surface area (Å²) in [5.41, 5.74) is 1.18. The lowest BCUT2D eigenvalue weighted by molar-refractivity contribution is -0.130. The number of carbonyl (C=O) groups excluding carboxylic acids is 3. The number of nitrogens with zero attached hydrogens (tertiary/aromatic N) is 1. The van der Waals surface area contributed by atoms with Gasteiger partial charge in [0.05, 0.1) is 6.54 Å². The summed E-state index contributed by atoms with van der Waals surface area (Å²) < 4.78 is 0. The molecule has 0 saturated carbocycles. The first kappa shape index (κ1) is 20.8. The second-order valence-electron chi connectivity index (χ2n) is 8.20. The first-order chi connectivity index (χ1) is 14.9. The van der Waals surface area contributed by atoms with Crippen LogP contribution in [0.15, 0.2) is 66.7 Å². The molecule has 158 valence electrons. The number of fused-ring (bicyclic) bond motifs is 1. The molecule has 0 bridgehead atoms. The highest BCUT2D eigenvalue weighted by atomic mass is 16.2. The van der Waals surface area contributed by atoms with Gasteiger partial charge in [-0.25, -0.2) is 4.79 Å². The van der Waals surface area contributed by atoms with E-state index in [9.17, 15) is 14.4 Å². The Labute approximate surface area is 182 Å². The number of hydrogen-bond donors (Lipinski definition) is 1. The van der Waals surface area contributed by atoms with Gasteiger partial charge in [0.2, 0.25) is 0 Å². The minimum Gasteiger partial charge on any atom is -0.319 e. The number of imide groups is 1. The van der Waals surface area contributed by atoms with Crippen LogP contribution in [-0.2, 0) is 16.8 Å². The van der Waals surface area contributed by atoms with Gasteiger partial charge in [0.25, 0.3) is 5.91 Å². The van der Waals surface area contributed by atoms with E-state index in [0.717, 1.165) is 40.5 Å². The summed E-state index contributed by atoms with van der Waals surface area (Å²) in [5, 5.41) is 4.70. The van der Waals surface area contributed by atoms with Crippen LogP contribution in [0.2, 0.25) is 0 Å². The molecule has 0 spiro atoms. The van der Waals surface area contributed by atoms with Crippen molar-refractivity contribution in [3.63, 3.8) is 0 Å². The van der Waals surface area contributed by atoms with Crippen LogP contribution in [0.4, 0.5) is 4.79 Å². The molecule has 1 fully saturated rings. The summed E-state index contributed by atoms with van der Waals surface area (Å²) in [5.74, 6) is -0.672. The predicted octanol–water partition coefficient (Wildman–Crippen LogP) is 4.83. The smallest absolute Gasteiger partial charge is 0.319 e. The largest absolute Gasteiger partial charge is 0.325 e. The summed E-state index contributed by atoms with van der Waals surface area (Å²) in [6, 6.07) is 20.3. The van der Waals surface area contributed by atoms with Gasteiger partial charge in [0.15, 0.2) is 5.78 Å². The number of urea groups is 1. The molecule has 1 saturated heterocycles. The van der Waals surface area contributed by atoms with Crippen LogP contribution < -0.4 is 5.32 Å². The predicted molar refractivity (Wildman–Crippen MR) is 121 cm³/mol. The maximum atomic E-state index is 13.3. The fourth-order valence-corrected chi connectivity index (χ4v) is 4.16. The van der Waals surface area contributed by atoms with Crippen LogP contribution in [0, 0.1) is 0 Å². The van der Waals surface area contributed by atoms with E-state index in [1.807, 2.05) is 54.6 Å². The molecule has 3 aromatic rings. The normalized spacial score (nSPS) is 18.5. The van der Waals surface area contributed by atoms with E-state index in [2.05, 4.69) is 12.2 Å². The lowest BCUT2D eigenvalue weighted by atomic mass is 9.88. The Bertz CT molecular complexity index is 1150. The van der Waals surface area contributed by atoms with Gasteiger partial charge in [-0.15, -0.1) is 0 Å². The molecule has 31 heavy (non-hydrogen) atoms. The maximum absolute atomic E-state index is 13.3. The van der Waals surface area contributed by atoms with Crippen molar-refractivity contribution in [2.75, 3.05) is 6.54 Å². The van der Waals surface area contributed by atoms with Gasteiger partial charge in [-0.1, -0.05) is 80.1 Å². The Morgan fingerprint density at radius 2 is 1.68 bits per heavy atom. The number of benzene rings is 3. The zero-order valence-electron chi connectivity index (χ0n) is 17.9. The Balaban J connectivity index is 1.56. The number of unbranched alkanes of at least 4 members (excludes halogenated alkanes) is 1. The first-order valence-corrected chi connectivity index (χ1v) is 10.7. The Morgan fingerprint density at radius 1 is 0.968 bits per heavy atom. The zero-order valence-corrected chi connectivity index (χ0v) is 17.9. The van der Waals surface area contributed by atoms with Crippen LogP contribution in [0.1, 0.15) is 48.2 Å². The van der Waals surface area contributed by atoms with Crippen LogP contribution in [-0.4, -0.2) is 29.2 Å². The summed E-state index contributed by atoms with van der Waals surface area (Å²) in [6.45, 7) is 3.56. The van der Waals surface area contributed by atoms with Crippen LogP contribution in [0.3, 0.4) is 0 Å². The topological polar surface area (TPSA) is 66.5 Å². The zero-order chi connectivity index (χ0) is 22.0. The Kier molecular flexibility index (Phi) is 5.59. The molecule has 0 aromatic heterocycles. The van der Waals surface area contributed by atoms with Gasteiger partial charge in [0.1, 0.15) is 5.54 Å². The monoisotopic (exact) mass is 414 g/mol. The molecule has 0 unspecified atom stereocenters. The first-order valence-electron chi connectivity index (χ1n) is 10.7.